The predicted molar refractivity (Wildman–Crippen MR) is 106 cm³/mol. The Kier molecular flexibility index (Phi) is 5.07. The zero-order valence-corrected chi connectivity index (χ0v) is 15.4. The average molecular weight is 361 g/mol. The molecule has 1 unspecified atom stereocenters. The second-order valence-corrected chi connectivity index (χ2v) is 6.91. The quantitative estimate of drug-likeness (QED) is 0.701. The van der Waals surface area contributed by atoms with E-state index in [-0.39, 0.29) is 18.6 Å². The summed E-state index contributed by atoms with van der Waals surface area (Å²) in [6.07, 6.45) is -0.0797. The molecule has 1 aliphatic heterocycles. The van der Waals surface area contributed by atoms with E-state index in [0.717, 1.165) is 16.3 Å². The van der Waals surface area contributed by atoms with E-state index < -0.39 is 0 Å². The van der Waals surface area contributed by atoms with Crippen LogP contribution in [0.2, 0.25) is 0 Å². The number of carbonyl (C=O) groups is 1. The van der Waals surface area contributed by atoms with Crippen LogP contribution in [0.5, 0.6) is 5.75 Å². The molecule has 1 fully saturated rings. The first-order chi connectivity index (χ1) is 13.2. The van der Waals surface area contributed by atoms with Crippen LogP contribution in [0.15, 0.2) is 66.7 Å². The van der Waals surface area contributed by atoms with E-state index in [1.807, 2.05) is 41.3 Å². The molecule has 0 bridgehead atoms. The van der Waals surface area contributed by atoms with Gasteiger partial charge in [-0.15, -0.1) is 0 Å². The normalized spacial score (nSPS) is 17.1. The van der Waals surface area contributed by atoms with Crippen LogP contribution < -0.4 is 4.74 Å². The van der Waals surface area contributed by atoms with Crippen LogP contribution >= 0.6 is 0 Å². The van der Waals surface area contributed by atoms with Gasteiger partial charge in [-0.2, -0.15) is 0 Å². The lowest BCUT2D eigenvalue weighted by Crippen LogP contribution is -2.44. The summed E-state index contributed by atoms with van der Waals surface area (Å²) in [6, 6.07) is 22.3. The molecule has 4 rings (SSSR count). The molecular weight excluding hydrogens is 338 g/mol. The average Bonchev–Trinajstić information content (AvgIpc) is 2.72. The summed E-state index contributed by atoms with van der Waals surface area (Å²) in [5.41, 5.74) is 2.32. The topological polar surface area (TPSA) is 38.8 Å². The maximum Gasteiger partial charge on any atom is 0.260 e. The minimum atomic E-state index is -0.0797. The molecule has 0 radical (unpaired) electrons. The fraction of sp³-hybridized carbons (Fsp3) is 0.261. The molecule has 27 heavy (non-hydrogen) atoms. The third kappa shape index (κ3) is 4.12. The largest absolute Gasteiger partial charge is 0.484 e. The van der Waals surface area contributed by atoms with Gasteiger partial charge in [0, 0.05) is 6.54 Å². The molecular formula is C23H23NO3. The second-order valence-electron chi connectivity index (χ2n) is 6.91. The number of carbonyl (C=O) groups excluding carboxylic acids is 1. The van der Waals surface area contributed by atoms with E-state index >= 15 is 0 Å². The molecule has 0 spiro atoms. The number of morpholine rings is 1. The standard InChI is InChI=1S/C23H23NO3/c1-17-6-8-19(9-7-17)22-15-24(12-13-26-22)23(25)16-27-21-11-10-18-4-2-3-5-20(18)14-21/h2-11,14,22H,12-13,15-16H2,1H3. The van der Waals surface area contributed by atoms with Gasteiger partial charge in [0.05, 0.1) is 13.2 Å². The highest BCUT2D eigenvalue weighted by atomic mass is 16.5. The number of rotatable bonds is 4. The van der Waals surface area contributed by atoms with Crippen LogP contribution in [0.25, 0.3) is 10.8 Å². The number of ether oxygens (including phenoxy) is 2. The molecule has 4 nitrogen and oxygen atoms in total. The van der Waals surface area contributed by atoms with Gasteiger partial charge in [-0.1, -0.05) is 60.2 Å². The molecule has 0 N–H and O–H groups in total. The van der Waals surface area contributed by atoms with Crippen molar-refractivity contribution in [2.45, 2.75) is 13.0 Å². The van der Waals surface area contributed by atoms with Crippen molar-refractivity contribution >= 4 is 16.7 Å². The molecule has 4 heteroatoms. The number of benzene rings is 3. The number of aryl methyl sites for hydroxylation is 1. The minimum Gasteiger partial charge on any atom is -0.484 e. The van der Waals surface area contributed by atoms with Crippen molar-refractivity contribution in [3.8, 4) is 5.75 Å². The van der Waals surface area contributed by atoms with Gasteiger partial charge in [-0.25, -0.2) is 0 Å². The van der Waals surface area contributed by atoms with Gasteiger partial charge in [0.2, 0.25) is 0 Å². The van der Waals surface area contributed by atoms with Crippen LogP contribution in [-0.4, -0.2) is 37.1 Å². The maximum atomic E-state index is 12.6. The number of fused-ring (bicyclic) bond motifs is 1. The van der Waals surface area contributed by atoms with Crippen molar-refractivity contribution in [2.24, 2.45) is 0 Å². The van der Waals surface area contributed by atoms with Crippen molar-refractivity contribution in [2.75, 3.05) is 26.3 Å². The van der Waals surface area contributed by atoms with Crippen LogP contribution in [0, 0.1) is 6.92 Å². The van der Waals surface area contributed by atoms with Gasteiger partial charge in [0.15, 0.2) is 6.61 Å². The zero-order valence-electron chi connectivity index (χ0n) is 15.4. The van der Waals surface area contributed by atoms with E-state index in [1.165, 1.54) is 5.56 Å². The molecule has 0 saturated carbocycles. The Hall–Kier alpha value is -2.85. The van der Waals surface area contributed by atoms with Gasteiger partial charge in [0.25, 0.3) is 5.91 Å². The Morgan fingerprint density at radius 3 is 2.67 bits per heavy atom. The van der Waals surface area contributed by atoms with E-state index in [1.54, 1.807) is 0 Å². The molecule has 1 saturated heterocycles. The Balaban J connectivity index is 1.37. The van der Waals surface area contributed by atoms with Crippen molar-refractivity contribution in [3.05, 3.63) is 77.9 Å². The van der Waals surface area contributed by atoms with Gasteiger partial charge in [-0.3, -0.25) is 4.79 Å². The van der Waals surface area contributed by atoms with E-state index in [9.17, 15) is 4.79 Å². The molecule has 3 aromatic carbocycles. The summed E-state index contributed by atoms with van der Waals surface area (Å²) in [5.74, 6) is 0.703. The van der Waals surface area contributed by atoms with E-state index in [4.69, 9.17) is 9.47 Å². The van der Waals surface area contributed by atoms with Crippen molar-refractivity contribution < 1.29 is 14.3 Å². The summed E-state index contributed by atoms with van der Waals surface area (Å²) >= 11 is 0. The lowest BCUT2D eigenvalue weighted by molar-refractivity contribution is -0.141. The summed E-state index contributed by atoms with van der Waals surface area (Å²) in [4.78, 5) is 14.4. The van der Waals surface area contributed by atoms with Crippen molar-refractivity contribution in [1.29, 1.82) is 0 Å². The molecule has 0 aromatic heterocycles. The Morgan fingerprint density at radius 1 is 1.07 bits per heavy atom. The van der Waals surface area contributed by atoms with Crippen LogP contribution in [0.1, 0.15) is 17.2 Å². The first-order valence-electron chi connectivity index (χ1n) is 9.26. The van der Waals surface area contributed by atoms with Gasteiger partial charge in [0.1, 0.15) is 11.9 Å². The Morgan fingerprint density at radius 2 is 1.85 bits per heavy atom. The van der Waals surface area contributed by atoms with Crippen LogP contribution in [-0.2, 0) is 9.53 Å². The zero-order chi connectivity index (χ0) is 18.6. The number of hydrogen-bond acceptors (Lipinski definition) is 3. The number of nitrogens with zero attached hydrogens (tertiary/aromatic N) is 1. The van der Waals surface area contributed by atoms with Crippen LogP contribution in [0.3, 0.4) is 0 Å². The minimum absolute atomic E-state index is 0.0106. The van der Waals surface area contributed by atoms with Gasteiger partial charge in [-0.05, 0) is 35.4 Å². The third-order valence-electron chi connectivity index (χ3n) is 4.95. The molecule has 1 amide bonds. The first-order valence-corrected chi connectivity index (χ1v) is 9.26. The van der Waals surface area contributed by atoms with Gasteiger partial charge >= 0.3 is 0 Å². The van der Waals surface area contributed by atoms with E-state index in [0.29, 0.717) is 25.4 Å². The fourth-order valence-corrected chi connectivity index (χ4v) is 3.35. The second kappa shape index (κ2) is 7.80. The van der Waals surface area contributed by atoms with Crippen LogP contribution in [0.4, 0.5) is 0 Å². The fourth-order valence-electron chi connectivity index (χ4n) is 3.35. The predicted octanol–water partition coefficient (Wildman–Crippen LogP) is 4.13. The highest BCUT2D eigenvalue weighted by Gasteiger charge is 2.25. The molecule has 138 valence electrons. The van der Waals surface area contributed by atoms with Gasteiger partial charge < -0.3 is 14.4 Å². The monoisotopic (exact) mass is 361 g/mol. The third-order valence-corrected chi connectivity index (χ3v) is 4.95. The van der Waals surface area contributed by atoms with E-state index in [2.05, 4.69) is 37.3 Å². The smallest absolute Gasteiger partial charge is 0.260 e. The Bertz CT molecular complexity index is 936. The number of amides is 1. The highest BCUT2D eigenvalue weighted by molar-refractivity contribution is 5.84. The molecule has 0 aliphatic carbocycles. The number of hydrogen-bond donors (Lipinski definition) is 0. The van der Waals surface area contributed by atoms with Crippen molar-refractivity contribution in [1.82, 2.24) is 4.90 Å². The molecule has 3 aromatic rings. The summed E-state index contributed by atoms with van der Waals surface area (Å²) < 4.78 is 11.6. The summed E-state index contributed by atoms with van der Waals surface area (Å²) in [7, 11) is 0. The summed E-state index contributed by atoms with van der Waals surface area (Å²) in [6.45, 7) is 3.80. The summed E-state index contributed by atoms with van der Waals surface area (Å²) in [5, 5.41) is 2.26. The first kappa shape index (κ1) is 17.6. The van der Waals surface area contributed by atoms with Crippen molar-refractivity contribution in [3.63, 3.8) is 0 Å². The lowest BCUT2D eigenvalue weighted by atomic mass is 10.1. The maximum absolute atomic E-state index is 12.6. The Labute approximate surface area is 159 Å². The SMILES string of the molecule is Cc1ccc(C2CN(C(=O)COc3ccc4ccccc4c3)CCO2)cc1. The molecule has 1 heterocycles. The highest BCUT2D eigenvalue weighted by Crippen LogP contribution is 2.23. The lowest BCUT2D eigenvalue weighted by Gasteiger charge is -2.33. The molecule has 1 aliphatic rings. The molecule has 1 atom stereocenters.